The second-order valence-corrected chi connectivity index (χ2v) is 7.99. The molecule has 0 bridgehead atoms. The third-order valence-electron chi connectivity index (χ3n) is 4.84. The van der Waals surface area contributed by atoms with Gasteiger partial charge in [-0.3, -0.25) is 4.79 Å². The summed E-state index contributed by atoms with van der Waals surface area (Å²) in [6, 6.07) is 0. The van der Waals surface area contributed by atoms with Crippen LogP contribution in [-0.4, -0.2) is 38.6 Å². The van der Waals surface area contributed by atoms with Crippen molar-refractivity contribution in [2.45, 2.75) is 103 Å². The van der Waals surface area contributed by atoms with Crippen LogP contribution in [0.5, 0.6) is 0 Å². The Kier molecular flexibility index (Phi) is 24.3. The van der Waals surface area contributed by atoms with Gasteiger partial charge in [0.2, 0.25) is 5.91 Å². The SMILES string of the molecule is CCCCCCCCC=CCCCCCCCC(=O)NCCC[NH+](C)C.[OH-]. The Morgan fingerprint density at radius 3 is 1.85 bits per heavy atom. The number of nitrogens with one attached hydrogen (secondary N) is 2. The van der Waals surface area contributed by atoms with E-state index in [0.717, 1.165) is 25.9 Å². The second kappa shape index (κ2) is 23.2. The lowest BCUT2D eigenvalue weighted by molar-refractivity contribution is -0.858. The molecule has 0 aliphatic heterocycles. The first kappa shape index (κ1) is 28.3. The van der Waals surface area contributed by atoms with Crippen LogP contribution in [0.25, 0.3) is 0 Å². The fraction of sp³-hybridized carbons (Fsp3) is 0.870. The zero-order chi connectivity index (χ0) is 19.3. The van der Waals surface area contributed by atoms with Crippen molar-refractivity contribution in [2.75, 3.05) is 27.2 Å². The maximum absolute atomic E-state index is 11.7. The molecule has 0 saturated heterocycles. The van der Waals surface area contributed by atoms with E-state index >= 15 is 0 Å². The van der Waals surface area contributed by atoms with E-state index in [4.69, 9.17) is 0 Å². The molecule has 3 N–H and O–H groups in total. The Balaban J connectivity index is 0. The number of rotatable bonds is 19. The number of unbranched alkanes of at least 4 members (excludes halogenated alkanes) is 11. The van der Waals surface area contributed by atoms with Gasteiger partial charge in [0.05, 0.1) is 20.6 Å². The summed E-state index contributed by atoms with van der Waals surface area (Å²) in [5.41, 5.74) is 0. The van der Waals surface area contributed by atoms with Gasteiger partial charge in [0.1, 0.15) is 0 Å². The minimum atomic E-state index is 0. The number of amides is 1. The van der Waals surface area contributed by atoms with Gasteiger partial charge in [0, 0.05) is 19.4 Å². The minimum Gasteiger partial charge on any atom is -0.870 e. The smallest absolute Gasteiger partial charge is 0.219 e. The Morgan fingerprint density at radius 1 is 0.778 bits per heavy atom. The van der Waals surface area contributed by atoms with Crippen molar-refractivity contribution < 1.29 is 15.2 Å². The van der Waals surface area contributed by atoms with Crippen molar-refractivity contribution in [3.63, 3.8) is 0 Å². The first-order chi connectivity index (χ1) is 12.7. The molecule has 0 spiro atoms. The van der Waals surface area contributed by atoms with Crippen LogP contribution < -0.4 is 10.2 Å². The molecule has 162 valence electrons. The van der Waals surface area contributed by atoms with Crippen molar-refractivity contribution in [3.05, 3.63) is 12.2 Å². The van der Waals surface area contributed by atoms with Gasteiger partial charge >= 0.3 is 0 Å². The molecule has 0 radical (unpaired) electrons. The molecule has 0 aliphatic carbocycles. The number of carbonyl (C=O) groups excluding carboxylic acids is 1. The van der Waals surface area contributed by atoms with E-state index in [1.54, 1.807) is 0 Å². The fourth-order valence-electron chi connectivity index (χ4n) is 3.11. The van der Waals surface area contributed by atoms with Gasteiger partial charge in [-0.1, -0.05) is 70.4 Å². The number of allylic oxidation sites excluding steroid dienone is 2. The lowest BCUT2D eigenvalue weighted by Gasteiger charge is -2.08. The second-order valence-electron chi connectivity index (χ2n) is 7.99. The number of hydrogen-bond acceptors (Lipinski definition) is 2. The minimum absolute atomic E-state index is 0. The van der Waals surface area contributed by atoms with E-state index in [1.807, 2.05) is 0 Å². The Hall–Kier alpha value is -0.870. The molecule has 0 aromatic rings. The summed E-state index contributed by atoms with van der Waals surface area (Å²) in [6.45, 7) is 4.22. The monoisotopic (exact) mass is 384 g/mol. The summed E-state index contributed by atoms with van der Waals surface area (Å²) in [4.78, 5) is 13.1. The summed E-state index contributed by atoms with van der Waals surface area (Å²) < 4.78 is 0. The average Bonchev–Trinajstić information content (AvgIpc) is 2.62. The van der Waals surface area contributed by atoms with Gasteiger partial charge < -0.3 is 15.7 Å². The van der Waals surface area contributed by atoms with E-state index < -0.39 is 0 Å². The molecule has 0 heterocycles. The third-order valence-corrected chi connectivity index (χ3v) is 4.84. The van der Waals surface area contributed by atoms with Crippen molar-refractivity contribution in [1.82, 2.24) is 5.32 Å². The Labute approximate surface area is 169 Å². The van der Waals surface area contributed by atoms with Crippen molar-refractivity contribution in [2.24, 2.45) is 0 Å². The van der Waals surface area contributed by atoms with Crippen LogP contribution in [-0.2, 0) is 4.79 Å². The highest BCUT2D eigenvalue weighted by atomic mass is 16.1. The first-order valence-corrected chi connectivity index (χ1v) is 11.4. The quantitative estimate of drug-likeness (QED) is 0.254. The molecule has 0 aliphatic rings. The largest absolute Gasteiger partial charge is 0.870 e. The zero-order valence-corrected chi connectivity index (χ0v) is 18.5. The van der Waals surface area contributed by atoms with Gasteiger partial charge in [0.15, 0.2) is 0 Å². The highest BCUT2D eigenvalue weighted by Gasteiger charge is 2.01. The van der Waals surface area contributed by atoms with Gasteiger partial charge in [-0.2, -0.15) is 0 Å². The summed E-state index contributed by atoms with van der Waals surface area (Å²) in [6.07, 6.45) is 23.4. The Bertz CT molecular complexity index is 330. The van der Waals surface area contributed by atoms with Crippen LogP contribution in [0.4, 0.5) is 0 Å². The Morgan fingerprint density at radius 2 is 1.30 bits per heavy atom. The molecule has 0 unspecified atom stereocenters. The maximum Gasteiger partial charge on any atom is 0.219 e. The van der Waals surface area contributed by atoms with Gasteiger partial charge in [-0.05, 0) is 32.1 Å². The van der Waals surface area contributed by atoms with Crippen molar-refractivity contribution in [3.8, 4) is 0 Å². The van der Waals surface area contributed by atoms with Crippen LogP contribution in [0.3, 0.4) is 0 Å². The first-order valence-electron chi connectivity index (χ1n) is 11.4. The molecular formula is C23H48N2O2. The predicted molar refractivity (Wildman–Crippen MR) is 117 cm³/mol. The lowest BCUT2D eigenvalue weighted by atomic mass is 10.1. The molecule has 27 heavy (non-hydrogen) atoms. The summed E-state index contributed by atoms with van der Waals surface area (Å²) in [5, 5.41) is 3.03. The molecule has 4 nitrogen and oxygen atoms in total. The van der Waals surface area contributed by atoms with Crippen LogP contribution in [0.1, 0.15) is 103 Å². The molecule has 0 saturated carbocycles. The third kappa shape index (κ3) is 25.1. The van der Waals surface area contributed by atoms with Gasteiger partial charge in [-0.15, -0.1) is 0 Å². The number of hydrogen-bond donors (Lipinski definition) is 2. The van der Waals surface area contributed by atoms with E-state index in [0.29, 0.717) is 6.42 Å². The highest BCUT2D eigenvalue weighted by Crippen LogP contribution is 2.09. The topological polar surface area (TPSA) is 63.5 Å². The summed E-state index contributed by atoms with van der Waals surface area (Å²) in [5.74, 6) is 0.233. The van der Waals surface area contributed by atoms with Crippen LogP contribution in [0, 0.1) is 0 Å². The van der Waals surface area contributed by atoms with Crippen molar-refractivity contribution in [1.29, 1.82) is 0 Å². The normalized spacial score (nSPS) is 11.1. The summed E-state index contributed by atoms with van der Waals surface area (Å²) >= 11 is 0. The standard InChI is InChI=1S/C23H46N2O.H2O/c1-4-5-6-7-8-9-10-11-12-13-14-15-16-17-18-20-23(26)24-21-19-22-25(2)3;/h11-12H,4-10,13-22H2,1-3H3,(H,24,26);1H2. The van der Waals surface area contributed by atoms with Crippen LogP contribution >= 0.6 is 0 Å². The van der Waals surface area contributed by atoms with Gasteiger partial charge in [-0.25, -0.2) is 0 Å². The molecule has 0 aromatic carbocycles. The number of carbonyl (C=O) groups is 1. The lowest BCUT2D eigenvalue weighted by Crippen LogP contribution is -3.05. The average molecular weight is 385 g/mol. The predicted octanol–water partition coefficient (Wildman–Crippen LogP) is 4.50. The maximum atomic E-state index is 11.7. The molecule has 0 fully saturated rings. The van der Waals surface area contributed by atoms with Crippen molar-refractivity contribution >= 4 is 5.91 Å². The fourth-order valence-corrected chi connectivity index (χ4v) is 3.11. The van der Waals surface area contributed by atoms with E-state index in [9.17, 15) is 4.79 Å². The van der Waals surface area contributed by atoms with E-state index in [2.05, 4.69) is 38.5 Å². The summed E-state index contributed by atoms with van der Waals surface area (Å²) in [7, 11) is 4.29. The number of quaternary nitrogens is 1. The van der Waals surface area contributed by atoms with Crippen LogP contribution in [0.15, 0.2) is 12.2 Å². The van der Waals surface area contributed by atoms with E-state index in [-0.39, 0.29) is 11.4 Å². The molecule has 0 rings (SSSR count). The molecule has 0 atom stereocenters. The molecular weight excluding hydrogens is 336 g/mol. The zero-order valence-electron chi connectivity index (χ0n) is 18.5. The van der Waals surface area contributed by atoms with E-state index in [1.165, 1.54) is 81.9 Å². The highest BCUT2D eigenvalue weighted by molar-refractivity contribution is 5.75. The molecule has 0 aromatic heterocycles. The molecule has 4 heteroatoms. The van der Waals surface area contributed by atoms with Crippen LogP contribution in [0.2, 0.25) is 0 Å². The molecule has 1 amide bonds. The van der Waals surface area contributed by atoms with Gasteiger partial charge in [0.25, 0.3) is 0 Å².